The van der Waals surface area contributed by atoms with E-state index in [-0.39, 0.29) is 11.3 Å². The zero-order valence-corrected chi connectivity index (χ0v) is 11.7. The maximum Gasteiger partial charge on any atom is 0.196 e. The molecule has 2 aromatic carbocycles. The van der Waals surface area contributed by atoms with Gasteiger partial charge in [-0.1, -0.05) is 23.3 Å². The molecule has 0 bridgehead atoms. The number of benzene rings is 2. The van der Waals surface area contributed by atoms with Crippen LogP contribution in [0, 0.1) is 33.5 Å². The van der Waals surface area contributed by atoms with Crippen LogP contribution in [0.5, 0.6) is 0 Å². The first kappa shape index (κ1) is 13.5. The van der Waals surface area contributed by atoms with Crippen LogP contribution in [-0.4, -0.2) is 5.78 Å². The fraction of sp³-hybridized carbons (Fsp3) is 0.235. The Kier molecular flexibility index (Phi) is 3.52. The summed E-state index contributed by atoms with van der Waals surface area (Å²) in [6.07, 6.45) is 0. The highest BCUT2D eigenvalue weighted by Crippen LogP contribution is 2.21. The second kappa shape index (κ2) is 4.96. The lowest BCUT2D eigenvalue weighted by atomic mass is 9.95. The number of hydrogen-bond acceptors (Lipinski definition) is 1. The average molecular weight is 256 g/mol. The van der Waals surface area contributed by atoms with Crippen LogP contribution < -0.4 is 0 Å². The van der Waals surface area contributed by atoms with Gasteiger partial charge in [-0.05, 0) is 57.0 Å². The fourth-order valence-electron chi connectivity index (χ4n) is 2.45. The highest BCUT2D eigenvalue weighted by Gasteiger charge is 2.17. The number of ketones is 1. The Hall–Kier alpha value is -1.96. The van der Waals surface area contributed by atoms with Gasteiger partial charge in [0.25, 0.3) is 0 Å². The molecule has 0 saturated carbocycles. The zero-order valence-electron chi connectivity index (χ0n) is 11.7. The average Bonchev–Trinajstić information content (AvgIpc) is 2.25. The molecule has 0 aliphatic heterocycles. The maximum atomic E-state index is 14.0. The summed E-state index contributed by atoms with van der Waals surface area (Å²) in [7, 11) is 0. The minimum Gasteiger partial charge on any atom is -0.288 e. The lowest BCUT2D eigenvalue weighted by molar-refractivity contribution is 0.103. The minimum absolute atomic E-state index is 0.176. The van der Waals surface area contributed by atoms with Crippen molar-refractivity contribution < 1.29 is 9.18 Å². The van der Waals surface area contributed by atoms with Gasteiger partial charge >= 0.3 is 0 Å². The van der Waals surface area contributed by atoms with Gasteiger partial charge in [0.15, 0.2) is 5.78 Å². The number of hydrogen-bond donors (Lipinski definition) is 0. The second-order valence-corrected chi connectivity index (χ2v) is 5.14. The third-order valence-corrected chi connectivity index (χ3v) is 3.14. The van der Waals surface area contributed by atoms with Crippen LogP contribution in [0.3, 0.4) is 0 Å². The van der Waals surface area contributed by atoms with Crippen LogP contribution in [0.4, 0.5) is 4.39 Å². The van der Waals surface area contributed by atoms with E-state index < -0.39 is 5.82 Å². The van der Waals surface area contributed by atoms with Crippen molar-refractivity contribution in [2.75, 3.05) is 0 Å². The summed E-state index contributed by atoms with van der Waals surface area (Å²) in [5.74, 6) is -0.691. The Morgan fingerprint density at radius 1 is 0.842 bits per heavy atom. The lowest BCUT2D eigenvalue weighted by Crippen LogP contribution is -2.08. The number of carbonyl (C=O) groups is 1. The molecule has 0 aliphatic rings. The first-order chi connectivity index (χ1) is 8.88. The Morgan fingerprint density at radius 3 is 1.89 bits per heavy atom. The number of aryl methyl sites for hydroxylation is 4. The molecular weight excluding hydrogens is 239 g/mol. The van der Waals surface area contributed by atoms with Gasteiger partial charge in [0, 0.05) is 5.56 Å². The number of carbonyl (C=O) groups excluding carboxylic acids is 1. The van der Waals surface area contributed by atoms with Crippen molar-refractivity contribution >= 4 is 5.78 Å². The Morgan fingerprint density at radius 2 is 1.37 bits per heavy atom. The van der Waals surface area contributed by atoms with Crippen molar-refractivity contribution in [2.24, 2.45) is 0 Å². The van der Waals surface area contributed by atoms with Gasteiger partial charge < -0.3 is 0 Å². The van der Waals surface area contributed by atoms with E-state index in [2.05, 4.69) is 0 Å². The van der Waals surface area contributed by atoms with E-state index in [4.69, 9.17) is 0 Å². The predicted octanol–water partition coefficient (Wildman–Crippen LogP) is 4.29. The first-order valence-electron chi connectivity index (χ1n) is 6.28. The van der Waals surface area contributed by atoms with Crippen LogP contribution in [0.2, 0.25) is 0 Å². The Labute approximate surface area is 113 Å². The topological polar surface area (TPSA) is 17.1 Å². The van der Waals surface area contributed by atoms with Gasteiger partial charge in [0.1, 0.15) is 5.82 Å². The van der Waals surface area contributed by atoms with Crippen molar-refractivity contribution in [1.29, 1.82) is 0 Å². The van der Waals surface area contributed by atoms with Gasteiger partial charge in [-0.25, -0.2) is 4.39 Å². The van der Waals surface area contributed by atoms with Crippen molar-refractivity contribution in [3.63, 3.8) is 0 Å². The summed E-state index contributed by atoms with van der Waals surface area (Å²) < 4.78 is 14.0. The SMILES string of the molecule is Cc1cc(C)cc(C(=O)c2c(C)cc(C)cc2F)c1. The molecular formula is C17H17FO. The molecule has 2 heteroatoms. The van der Waals surface area contributed by atoms with Crippen LogP contribution in [0.1, 0.15) is 38.2 Å². The maximum absolute atomic E-state index is 14.0. The lowest BCUT2D eigenvalue weighted by Gasteiger charge is -2.09. The molecule has 0 atom stereocenters. The molecule has 0 radical (unpaired) electrons. The molecule has 0 spiro atoms. The highest BCUT2D eigenvalue weighted by atomic mass is 19.1. The standard InChI is InChI=1S/C17H17FO/c1-10-5-11(2)8-14(7-10)17(19)16-13(4)6-12(3)9-15(16)18/h5-9H,1-4H3. The summed E-state index contributed by atoms with van der Waals surface area (Å²) >= 11 is 0. The minimum atomic E-state index is -0.443. The summed E-state index contributed by atoms with van der Waals surface area (Å²) in [5.41, 5.74) is 4.25. The molecule has 0 amide bonds. The molecule has 0 aliphatic carbocycles. The normalized spacial score (nSPS) is 10.6. The molecule has 0 aromatic heterocycles. The number of halogens is 1. The van der Waals surface area contributed by atoms with Gasteiger partial charge in [-0.2, -0.15) is 0 Å². The van der Waals surface area contributed by atoms with E-state index in [1.54, 1.807) is 19.1 Å². The van der Waals surface area contributed by atoms with E-state index in [1.807, 2.05) is 32.9 Å². The molecule has 98 valence electrons. The summed E-state index contributed by atoms with van der Waals surface area (Å²) in [4.78, 5) is 12.5. The molecule has 0 unspecified atom stereocenters. The van der Waals surface area contributed by atoms with Gasteiger partial charge in [-0.15, -0.1) is 0 Å². The summed E-state index contributed by atoms with van der Waals surface area (Å²) in [6.45, 7) is 7.46. The fourth-order valence-corrected chi connectivity index (χ4v) is 2.45. The van der Waals surface area contributed by atoms with Gasteiger partial charge in [0.2, 0.25) is 0 Å². The quantitative estimate of drug-likeness (QED) is 0.732. The van der Waals surface area contributed by atoms with E-state index in [1.165, 1.54) is 6.07 Å². The largest absolute Gasteiger partial charge is 0.288 e. The van der Waals surface area contributed by atoms with E-state index >= 15 is 0 Å². The molecule has 19 heavy (non-hydrogen) atoms. The summed E-state index contributed by atoms with van der Waals surface area (Å²) in [5, 5.41) is 0. The van der Waals surface area contributed by atoms with E-state index in [9.17, 15) is 9.18 Å². The van der Waals surface area contributed by atoms with Crippen LogP contribution >= 0.6 is 0 Å². The molecule has 2 aromatic rings. The summed E-state index contributed by atoms with van der Waals surface area (Å²) in [6, 6.07) is 8.83. The molecule has 0 N–H and O–H groups in total. The third kappa shape index (κ3) is 2.73. The van der Waals surface area contributed by atoms with Crippen molar-refractivity contribution in [2.45, 2.75) is 27.7 Å². The molecule has 0 saturated heterocycles. The molecule has 1 nitrogen and oxygen atoms in total. The monoisotopic (exact) mass is 256 g/mol. The first-order valence-corrected chi connectivity index (χ1v) is 6.28. The smallest absolute Gasteiger partial charge is 0.196 e. The zero-order chi connectivity index (χ0) is 14.2. The van der Waals surface area contributed by atoms with Crippen LogP contribution in [0.25, 0.3) is 0 Å². The Bertz CT molecular complexity index is 613. The van der Waals surface area contributed by atoms with Gasteiger partial charge in [-0.3, -0.25) is 4.79 Å². The predicted molar refractivity (Wildman–Crippen MR) is 75.2 cm³/mol. The molecule has 0 heterocycles. The van der Waals surface area contributed by atoms with Crippen LogP contribution in [0.15, 0.2) is 30.3 Å². The van der Waals surface area contributed by atoms with Crippen molar-refractivity contribution in [3.05, 3.63) is 69.5 Å². The van der Waals surface area contributed by atoms with Gasteiger partial charge in [0.05, 0.1) is 5.56 Å². The molecule has 2 rings (SSSR count). The third-order valence-electron chi connectivity index (χ3n) is 3.14. The van der Waals surface area contributed by atoms with Crippen molar-refractivity contribution in [3.8, 4) is 0 Å². The van der Waals surface area contributed by atoms with Crippen molar-refractivity contribution in [1.82, 2.24) is 0 Å². The van der Waals surface area contributed by atoms with E-state index in [0.717, 1.165) is 16.7 Å². The Balaban J connectivity index is 2.56. The number of rotatable bonds is 2. The second-order valence-electron chi connectivity index (χ2n) is 5.14. The highest BCUT2D eigenvalue weighted by molar-refractivity contribution is 6.10. The van der Waals surface area contributed by atoms with Crippen LogP contribution in [-0.2, 0) is 0 Å². The molecule has 0 fully saturated rings. The van der Waals surface area contributed by atoms with E-state index in [0.29, 0.717) is 11.1 Å².